The molecule has 0 radical (unpaired) electrons. The van der Waals surface area contributed by atoms with Crippen LogP contribution in [0, 0.1) is 5.92 Å². The van der Waals surface area contributed by atoms with Crippen molar-refractivity contribution >= 4 is 11.6 Å². The number of piperazine rings is 1. The fourth-order valence-corrected chi connectivity index (χ4v) is 2.90. The Labute approximate surface area is 127 Å². The molecule has 0 saturated carbocycles. The van der Waals surface area contributed by atoms with Gasteiger partial charge in [0.05, 0.1) is 7.11 Å². The Balaban J connectivity index is 2.13. The van der Waals surface area contributed by atoms with E-state index in [9.17, 15) is 0 Å². The maximum Gasteiger partial charge on any atom is 0.123 e. The van der Waals surface area contributed by atoms with Gasteiger partial charge in [-0.3, -0.25) is 4.90 Å². The molecule has 0 bridgehead atoms. The van der Waals surface area contributed by atoms with E-state index in [-0.39, 0.29) is 0 Å². The molecule has 1 aromatic carbocycles. The summed E-state index contributed by atoms with van der Waals surface area (Å²) in [7, 11) is 1.71. The first kappa shape index (κ1) is 15.6. The molecule has 0 aromatic heterocycles. The quantitative estimate of drug-likeness (QED) is 0.924. The van der Waals surface area contributed by atoms with E-state index in [1.165, 1.54) is 0 Å². The van der Waals surface area contributed by atoms with Gasteiger partial charge in [0.2, 0.25) is 0 Å². The Morgan fingerprint density at radius 1 is 1.45 bits per heavy atom. The molecule has 2 unspecified atom stereocenters. The molecule has 1 aromatic rings. The Kier molecular flexibility index (Phi) is 5.30. The molecular formula is C16H25ClN2O. The Bertz CT molecular complexity index is 450. The predicted octanol–water partition coefficient (Wildman–Crippen LogP) is 3.17. The van der Waals surface area contributed by atoms with Gasteiger partial charge in [0.1, 0.15) is 5.75 Å². The van der Waals surface area contributed by atoms with Crippen LogP contribution in [0.15, 0.2) is 18.2 Å². The molecule has 4 heteroatoms. The second-order valence-electron chi connectivity index (χ2n) is 5.99. The van der Waals surface area contributed by atoms with Crippen LogP contribution in [0.25, 0.3) is 0 Å². The lowest BCUT2D eigenvalue weighted by Crippen LogP contribution is -2.56. The number of hydrogen-bond donors (Lipinski definition) is 1. The summed E-state index contributed by atoms with van der Waals surface area (Å²) >= 11 is 6.12. The van der Waals surface area contributed by atoms with E-state index in [0.29, 0.717) is 18.0 Å². The normalized spacial score (nSPS) is 24.1. The molecule has 112 valence electrons. The zero-order valence-electron chi connectivity index (χ0n) is 12.8. The predicted molar refractivity (Wildman–Crippen MR) is 84.5 cm³/mol. The molecule has 2 rings (SSSR count). The van der Waals surface area contributed by atoms with Crippen molar-refractivity contribution in [3.63, 3.8) is 0 Å². The molecule has 1 heterocycles. The van der Waals surface area contributed by atoms with E-state index < -0.39 is 0 Å². The van der Waals surface area contributed by atoms with Crippen molar-refractivity contribution in [1.82, 2.24) is 10.2 Å². The SMILES string of the molecule is COc1ccc(Cl)cc1CN1CC(C(C)C)NCC1C. The monoisotopic (exact) mass is 296 g/mol. The first-order chi connectivity index (χ1) is 9.51. The summed E-state index contributed by atoms with van der Waals surface area (Å²) < 4.78 is 5.45. The van der Waals surface area contributed by atoms with Crippen LogP contribution in [0.2, 0.25) is 5.02 Å². The van der Waals surface area contributed by atoms with Crippen molar-refractivity contribution in [2.24, 2.45) is 5.92 Å². The van der Waals surface area contributed by atoms with Gasteiger partial charge in [0, 0.05) is 42.3 Å². The Morgan fingerprint density at radius 2 is 2.20 bits per heavy atom. The van der Waals surface area contributed by atoms with Gasteiger partial charge in [-0.05, 0) is 31.0 Å². The van der Waals surface area contributed by atoms with Crippen molar-refractivity contribution in [3.05, 3.63) is 28.8 Å². The van der Waals surface area contributed by atoms with Crippen molar-refractivity contribution in [1.29, 1.82) is 0 Å². The second kappa shape index (κ2) is 6.79. The second-order valence-corrected chi connectivity index (χ2v) is 6.43. The van der Waals surface area contributed by atoms with Crippen molar-refractivity contribution in [2.75, 3.05) is 20.2 Å². The lowest BCUT2D eigenvalue weighted by Gasteiger charge is -2.40. The topological polar surface area (TPSA) is 24.5 Å². The van der Waals surface area contributed by atoms with E-state index in [0.717, 1.165) is 36.0 Å². The van der Waals surface area contributed by atoms with Crippen LogP contribution in [-0.4, -0.2) is 37.2 Å². The average Bonchev–Trinajstić information content (AvgIpc) is 2.41. The zero-order valence-corrected chi connectivity index (χ0v) is 13.6. The maximum atomic E-state index is 6.12. The number of halogens is 1. The van der Waals surface area contributed by atoms with Gasteiger partial charge in [0.15, 0.2) is 0 Å². The van der Waals surface area contributed by atoms with E-state index in [1.807, 2.05) is 18.2 Å². The van der Waals surface area contributed by atoms with E-state index in [2.05, 4.69) is 31.0 Å². The fraction of sp³-hybridized carbons (Fsp3) is 0.625. The highest BCUT2D eigenvalue weighted by molar-refractivity contribution is 6.30. The summed E-state index contributed by atoms with van der Waals surface area (Å²) in [5.74, 6) is 1.56. The van der Waals surface area contributed by atoms with Gasteiger partial charge in [0.25, 0.3) is 0 Å². The molecule has 0 aliphatic carbocycles. The molecular weight excluding hydrogens is 272 g/mol. The van der Waals surface area contributed by atoms with E-state index >= 15 is 0 Å². The molecule has 1 aliphatic heterocycles. The molecule has 1 saturated heterocycles. The van der Waals surface area contributed by atoms with E-state index in [4.69, 9.17) is 16.3 Å². The molecule has 0 spiro atoms. The fourth-order valence-electron chi connectivity index (χ4n) is 2.70. The lowest BCUT2D eigenvalue weighted by molar-refractivity contribution is 0.115. The van der Waals surface area contributed by atoms with Crippen LogP contribution in [-0.2, 0) is 6.54 Å². The molecule has 1 fully saturated rings. The largest absolute Gasteiger partial charge is 0.496 e. The van der Waals surface area contributed by atoms with Crippen molar-refractivity contribution in [2.45, 2.75) is 39.4 Å². The smallest absolute Gasteiger partial charge is 0.123 e. The summed E-state index contributed by atoms with van der Waals surface area (Å²) in [5, 5.41) is 4.39. The van der Waals surface area contributed by atoms with Gasteiger partial charge in [-0.15, -0.1) is 0 Å². The number of nitrogens with zero attached hydrogens (tertiary/aromatic N) is 1. The minimum Gasteiger partial charge on any atom is -0.496 e. The molecule has 0 amide bonds. The van der Waals surface area contributed by atoms with Crippen LogP contribution in [0.1, 0.15) is 26.3 Å². The van der Waals surface area contributed by atoms with Crippen LogP contribution in [0.3, 0.4) is 0 Å². The minimum atomic E-state index is 0.522. The van der Waals surface area contributed by atoms with Crippen molar-refractivity contribution < 1.29 is 4.74 Å². The minimum absolute atomic E-state index is 0.522. The summed E-state index contributed by atoms with van der Waals surface area (Å²) in [6.45, 7) is 9.79. The Morgan fingerprint density at radius 3 is 2.85 bits per heavy atom. The van der Waals surface area contributed by atoms with Crippen LogP contribution >= 0.6 is 11.6 Å². The van der Waals surface area contributed by atoms with E-state index in [1.54, 1.807) is 7.11 Å². The third-order valence-electron chi connectivity index (χ3n) is 4.15. The number of rotatable bonds is 4. The highest BCUT2D eigenvalue weighted by Gasteiger charge is 2.27. The zero-order chi connectivity index (χ0) is 14.7. The van der Waals surface area contributed by atoms with Crippen LogP contribution < -0.4 is 10.1 Å². The van der Waals surface area contributed by atoms with Crippen LogP contribution in [0.4, 0.5) is 0 Å². The number of hydrogen-bond acceptors (Lipinski definition) is 3. The lowest BCUT2D eigenvalue weighted by atomic mass is 9.99. The molecule has 3 nitrogen and oxygen atoms in total. The number of methoxy groups -OCH3 is 1. The third kappa shape index (κ3) is 3.66. The number of ether oxygens (including phenoxy) is 1. The van der Waals surface area contributed by atoms with Crippen molar-refractivity contribution in [3.8, 4) is 5.75 Å². The summed E-state index contributed by atoms with van der Waals surface area (Å²) in [5.41, 5.74) is 1.16. The molecule has 1 aliphatic rings. The van der Waals surface area contributed by atoms with Gasteiger partial charge >= 0.3 is 0 Å². The molecule has 1 N–H and O–H groups in total. The summed E-state index contributed by atoms with van der Waals surface area (Å²) in [4.78, 5) is 2.51. The number of nitrogens with one attached hydrogen (secondary N) is 1. The standard InChI is InChI=1S/C16H25ClN2O/c1-11(2)15-10-19(12(3)8-18-15)9-13-7-14(17)5-6-16(13)20-4/h5-7,11-12,15,18H,8-10H2,1-4H3. The highest BCUT2D eigenvalue weighted by Crippen LogP contribution is 2.25. The first-order valence-electron chi connectivity index (χ1n) is 7.31. The maximum absolute atomic E-state index is 6.12. The summed E-state index contributed by atoms with van der Waals surface area (Å²) in [6, 6.07) is 6.91. The third-order valence-corrected chi connectivity index (χ3v) is 4.39. The van der Waals surface area contributed by atoms with Gasteiger partial charge in [-0.1, -0.05) is 25.4 Å². The van der Waals surface area contributed by atoms with Gasteiger partial charge in [-0.25, -0.2) is 0 Å². The van der Waals surface area contributed by atoms with Gasteiger partial charge < -0.3 is 10.1 Å². The first-order valence-corrected chi connectivity index (χ1v) is 7.69. The number of benzene rings is 1. The molecule has 20 heavy (non-hydrogen) atoms. The highest BCUT2D eigenvalue weighted by atomic mass is 35.5. The van der Waals surface area contributed by atoms with Crippen LogP contribution in [0.5, 0.6) is 5.75 Å². The van der Waals surface area contributed by atoms with Gasteiger partial charge in [-0.2, -0.15) is 0 Å². The summed E-state index contributed by atoms with van der Waals surface area (Å²) in [6.07, 6.45) is 0. The Hall–Kier alpha value is -0.770. The molecule has 2 atom stereocenters. The average molecular weight is 297 g/mol.